The first-order chi connectivity index (χ1) is 8.39. The number of carboxylic acids is 1. The number of amides is 2. The van der Waals surface area contributed by atoms with Crippen molar-refractivity contribution in [3.05, 3.63) is 16.1 Å². The predicted molar refractivity (Wildman–Crippen MR) is 68.6 cm³/mol. The SMILES string of the molecule is CCC(C)(NC(=O)NCc1scnc1C)C(=O)O. The van der Waals surface area contributed by atoms with Gasteiger partial charge in [-0.15, -0.1) is 11.3 Å². The Morgan fingerprint density at radius 1 is 1.56 bits per heavy atom. The molecule has 0 spiro atoms. The first-order valence-electron chi connectivity index (χ1n) is 5.57. The summed E-state index contributed by atoms with van der Waals surface area (Å²) in [5, 5.41) is 14.1. The molecule has 0 radical (unpaired) electrons. The maximum Gasteiger partial charge on any atom is 0.329 e. The van der Waals surface area contributed by atoms with Crippen LogP contribution in [0.3, 0.4) is 0 Å². The minimum Gasteiger partial charge on any atom is -0.480 e. The first-order valence-corrected chi connectivity index (χ1v) is 6.45. The Morgan fingerprint density at radius 2 is 2.22 bits per heavy atom. The van der Waals surface area contributed by atoms with Crippen molar-refractivity contribution in [3.63, 3.8) is 0 Å². The molecule has 0 aliphatic rings. The molecule has 0 fully saturated rings. The molecule has 0 aliphatic carbocycles. The molecule has 1 aromatic rings. The van der Waals surface area contributed by atoms with Gasteiger partial charge in [-0.1, -0.05) is 6.92 Å². The van der Waals surface area contributed by atoms with Crippen molar-refractivity contribution in [2.45, 2.75) is 39.3 Å². The third-order valence-corrected chi connectivity index (χ3v) is 3.76. The monoisotopic (exact) mass is 271 g/mol. The number of nitrogens with zero attached hydrogens (tertiary/aromatic N) is 1. The summed E-state index contributed by atoms with van der Waals surface area (Å²) in [5.41, 5.74) is 1.33. The highest BCUT2D eigenvalue weighted by Crippen LogP contribution is 2.12. The first kappa shape index (κ1) is 14.4. The summed E-state index contributed by atoms with van der Waals surface area (Å²) in [5.74, 6) is -1.05. The average molecular weight is 271 g/mol. The van der Waals surface area contributed by atoms with Gasteiger partial charge in [0.1, 0.15) is 5.54 Å². The molecule has 0 aromatic carbocycles. The number of carbonyl (C=O) groups excluding carboxylic acids is 1. The van der Waals surface area contributed by atoms with E-state index in [0.29, 0.717) is 13.0 Å². The molecule has 1 atom stereocenters. The summed E-state index contributed by atoms with van der Waals surface area (Å²) in [6, 6.07) is -0.491. The zero-order chi connectivity index (χ0) is 13.8. The summed E-state index contributed by atoms with van der Waals surface area (Å²) in [4.78, 5) is 27.7. The fourth-order valence-electron chi connectivity index (χ4n) is 1.24. The van der Waals surface area contributed by atoms with Gasteiger partial charge in [0.15, 0.2) is 0 Å². The van der Waals surface area contributed by atoms with Gasteiger partial charge in [-0.2, -0.15) is 0 Å². The number of urea groups is 1. The highest BCUT2D eigenvalue weighted by atomic mass is 32.1. The predicted octanol–water partition coefficient (Wildman–Crippen LogP) is 1.50. The van der Waals surface area contributed by atoms with E-state index in [1.165, 1.54) is 18.3 Å². The Morgan fingerprint density at radius 3 is 2.67 bits per heavy atom. The van der Waals surface area contributed by atoms with Gasteiger partial charge >= 0.3 is 12.0 Å². The molecule has 0 saturated heterocycles. The Kier molecular flexibility index (Phi) is 4.66. The van der Waals surface area contributed by atoms with Gasteiger partial charge in [0.05, 0.1) is 17.7 Å². The Balaban J connectivity index is 2.52. The minimum absolute atomic E-state index is 0.315. The van der Waals surface area contributed by atoms with Crippen LogP contribution in [-0.2, 0) is 11.3 Å². The number of rotatable bonds is 5. The summed E-state index contributed by atoms with van der Waals surface area (Å²) in [6.07, 6.45) is 0.315. The van der Waals surface area contributed by atoms with Crippen molar-refractivity contribution in [2.75, 3.05) is 0 Å². The van der Waals surface area contributed by atoms with E-state index in [2.05, 4.69) is 15.6 Å². The number of carbonyl (C=O) groups is 2. The third kappa shape index (κ3) is 3.43. The molecule has 0 saturated carbocycles. The third-order valence-electron chi connectivity index (χ3n) is 2.82. The van der Waals surface area contributed by atoms with E-state index in [0.717, 1.165) is 10.6 Å². The summed E-state index contributed by atoms with van der Waals surface area (Å²) in [6.45, 7) is 5.40. The second-order valence-electron chi connectivity index (χ2n) is 4.16. The molecule has 0 aliphatic heterocycles. The number of carboxylic acid groups (broad SMARTS) is 1. The van der Waals surface area contributed by atoms with E-state index in [4.69, 9.17) is 5.11 Å². The molecule has 7 heteroatoms. The molecule has 1 aromatic heterocycles. The van der Waals surface area contributed by atoms with Crippen LogP contribution in [0, 0.1) is 6.92 Å². The maximum atomic E-state index is 11.6. The second-order valence-corrected chi connectivity index (χ2v) is 5.10. The fraction of sp³-hybridized carbons (Fsp3) is 0.545. The zero-order valence-corrected chi connectivity index (χ0v) is 11.4. The van der Waals surface area contributed by atoms with Gasteiger partial charge in [0.2, 0.25) is 0 Å². The molecule has 1 rings (SSSR count). The molecule has 1 heterocycles. The molecule has 3 N–H and O–H groups in total. The van der Waals surface area contributed by atoms with Gasteiger partial charge in [0.25, 0.3) is 0 Å². The van der Waals surface area contributed by atoms with Crippen molar-refractivity contribution < 1.29 is 14.7 Å². The number of nitrogens with one attached hydrogen (secondary N) is 2. The van der Waals surface area contributed by atoms with Gasteiger partial charge in [0, 0.05) is 4.88 Å². The highest BCUT2D eigenvalue weighted by Gasteiger charge is 2.32. The lowest BCUT2D eigenvalue weighted by atomic mass is 10.00. The minimum atomic E-state index is -1.24. The lowest BCUT2D eigenvalue weighted by molar-refractivity contribution is -0.143. The Hall–Kier alpha value is -1.63. The van der Waals surface area contributed by atoms with E-state index in [9.17, 15) is 9.59 Å². The number of thiazole rings is 1. The second kappa shape index (κ2) is 5.81. The van der Waals surface area contributed by atoms with Gasteiger partial charge in [-0.05, 0) is 20.3 Å². The largest absolute Gasteiger partial charge is 0.480 e. The molecule has 1 unspecified atom stereocenters. The fourth-order valence-corrected chi connectivity index (χ4v) is 1.96. The van der Waals surface area contributed by atoms with Gasteiger partial charge in [-0.25, -0.2) is 14.6 Å². The van der Waals surface area contributed by atoms with Crippen molar-refractivity contribution in [2.24, 2.45) is 0 Å². The van der Waals surface area contributed by atoms with E-state index in [1.54, 1.807) is 12.4 Å². The highest BCUT2D eigenvalue weighted by molar-refractivity contribution is 7.09. The van der Waals surface area contributed by atoms with E-state index >= 15 is 0 Å². The summed E-state index contributed by atoms with van der Waals surface area (Å²) in [7, 11) is 0. The average Bonchev–Trinajstić information content (AvgIpc) is 2.72. The van der Waals surface area contributed by atoms with Gasteiger partial charge < -0.3 is 15.7 Å². The molecule has 6 nitrogen and oxygen atoms in total. The van der Waals surface area contributed by atoms with Crippen molar-refractivity contribution >= 4 is 23.3 Å². The lowest BCUT2D eigenvalue weighted by Crippen LogP contribution is -2.54. The van der Waals surface area contributed by atoms with Gasteiger partial charge in [-0.3, -0.25) is 0 Å². The molecular formula is C11H17N3O3S. The molecular weight excluding hydrogens is 254 g/mol. The normalized spacial score (nSPS) is 13.7. The Labute approximate surface area is 109 Å². The van der Waals surface area contributed by atoms with E-state index in [-0.39, 0.29) is 0 Å². The van der Waals surface area contributed by atoms with Crippen LogP contribution in [0.1, 0.15) is 30.8 Å². The van der Waals surface area contributed by atoms with E-state index < -0.39 is 17.5 Å². The van der Waals surface area contributed by atoms with Crippen LogP contribution in [0.15, 0.2) is 5.51 Å². The standard InChI is InChI=1S/C11H17N3O3S/c1-4-11(3,9(15)16)14-10(17)12-5-8-7(2)13-6-18-8/h6H,4-5H2,1-3H3,(H,15,16)(H2,12,14,17). The topological polar surface area (TPSA) is 91.3 Å². The lowest BCUT2D eigenvalue weighted by Gasteiger charge is -2.24. The van der Waals surface area contributed by atoms with Crippen LogP contribution < -0.4 is 10.6 Å². The number of hydrogen-bond donors (Lipinski definition) is 3. The van der Waals surface area contributed by atoms with Crippen LogP contribution in [-0.4, -0.2) is 27.6 Å². The van der Waals surface area contributed by atoms with Crippen LogP contribution in [0.5, 0.6) is 0 Å². The van der Waals surface area contributed by atoms with Crippen molar-refractivity contribution in [3.8, 4) is 0 Å². The molecule has 2 amide bonds. The smallest absolute Gasteiger partial charge is 0.329 e. The quantitative estimate of drug-likeness (QED) is 0.757. The molecule has 18 heavy (non-hydrogen) atoms. The number of hydrogen-bond acceptors (Lipinski definition) is 4. The number of aromatic nitrogens is 1. The molecule has 0 bridgehead atoms. The maximum absolute atomic E-state index is 11.6. The van der Waals surface area contributed by atoms with Crippen LogP contribution in [0.25, 0.3) is 0 Å². The summed E-state index contributed by atoms with van der Waals surface area (Å²) < 4.78 is 0. The summed E-state index contributed by atoms with van der Waals surface area (Å²) >= 11 is 1.45. The Bertz CT molecular complexity index is 446. The zero-order valence-electron chi connectivity index (χ0n) is 10.6. The number of aliphatic carboxylic acids is 1. The van der Waals surface area contributed by atoms with Crippen molar-refractivity contribution in [1.82, 2.24) is 15.6 Å². The van der Waals surface area contributed by atoms with Crippen LogP contribution in [0.4, 0.5) is 4.79 Å². The van der Waals surface area contributed by atoms with Crippen LogP contribution in [0.2, 0.25) is 0 Å². The number of aryl methyl sites for hydroxylation is 1. The van der Waals surface area contributed by atoms with Crippen LogP contribution >= 0.6 is 11.3 Å². The van der Waals surface area contributed by atoms with Crippen molar-refractivity contribution in [1.29, 1.82) is 0 Å². The molecule has 100 valence electrons. The van der Waals surface area contributed by atoms with E-state index in [1.807, 2.05) is 6.92 Å².